The fourth-order valence-electron chi connectivity index (χ4n) is 0.674. The summed E-state index contributed by atoms with van der Waals surface area (Å²) in [6.45, 7) is 0.0832. The molecule has 0 amide bonds. The molecule has 0 saturated carbocycles. The zero-order chi connectivity index (χ0) is 8.70. The molecule has 0 spiro atoms. The molecule has 0 aliphatic carbocycles. The maximum absolute atomic E-state index is 10.4. The molecule has 2 atom stereocenters. The highest BCUT2D eigenvalue weighted by Crippen LogP contribution is 2.31. The van der Waals surface area contributed by atoms with Crippen molar-refractivity contribution in [2.45, 2.75) is 18.5 Å². The van der Waals surface area contributed by atoms with E-state index in [2.05, 4.69) is 9.47 Å². The van der Waals surface area contributed by atoms with Gasteiger partial charge in [-0.1, -0.05) is 0 Å². The van der Waals surface area contributed by atoms with E-state index in [4.69, 9.17) is 15.3 Å². The van der Waals surface area contributed by atoms with Crippen molar-refractivity contribution in [2.24, 2.45) is 0 Å². The van der Waals surface area contributed by atoms with E-state index in [9.17, 15) is 4.79 Å². The van der Waals surface area contributed by atoms with E-state index in [1.54, 1.807) is 0 Å². The Morgan fingerprint density at radius 3 is 2.18 bits per heavy atom. The normalized spacial score (nSPS) is 43.5. The fraction of sp³-hybridized carbons (Fsp3) is 0.800. The number of hydrogen-bond acceptors (Lipinski definition) is 6. The minimum atomic E-state index is -2.36. The third-order valence-electron chi connectivity index (χ3n) is 1.47. The third-order valence-corrected chi connectivity index (χ3v) is 1.47. The van der Waals surface area contributed by atoms with Crippen molar-refractivity contribution in [3.63, 3.8) is 0 Å². The quantitative estimate of drug-likeness (QED) is 0.410. The number of cyclic esters (lactones) is 2. The Labute approximate surface area is 62.0 Å². The van der Waals surface area contributed by atoms with Crippen LogP contribution in [0.15, 0.2) is 0 Å². The zero-order valence-electron chi connectivity index (χ0n) is 5.77. The van der Waals surface area contributed by atoms with Crippen LogP contribution in [-0.4, -0.2) is 39.7 Å². The van der Waals surface area contributed by atoms with Gasteiger partial charge in [-0.3, -0.25) is 0 Å². The van der Waals surface area contributed by atoms with Gasteiger partial charge in [0.2, 0.25) is 0 Å². The van der Waals surface area contributed by atoms with Gasteiger partial charge in [-0.15, -0.1) is 0 Å². The fourth-order valence-corrected chi connectivity index (χ4v) is 0.674. The molecule has 3 N–H and O–H groups in total. The highest BCUT2D eigenvalue weighted by molar-refractivity contribution is 5.63. The summed E-state index contributed by atoms with van der Waals surface area (Å²) in [6, 6.07) is 0. The molecule has 1 rings (SSSR count). The molecule has 1 aliphatic heterocycles. The van der Waals surface area contributed by atoms with E-state index in [0.29, 0.717) is 0 Å². The van der Waals surface area contributed by atoms with Crippen molar-refractivity contribution in [3.8, 4) is 0 Å². The first-order valence-corrected chi connectivity index (χ1v) is 2.89. The van der Waals surface area contributed by atoms with E-state index >= 15 is 0 Å². The average Bonchev–Trinajstić information content (AvgIpc) is 2.03. The summed E-state index contributed by atoms with van der Waals surface area (Å²) >= 11 is 0. The van der Waals surface area contributed by atoms with E-state index in [1.165, 1.54) is 0 Å². The standard InChI is InChI=1S/C5H8O6/c1-4(8)5(9,2-6)11-3(7)10-4/h6,8-9H,2H2,1H3. The number of rotatable bonds is 1. The lowest BCUT2D eigenvalue weighted by Crippen LogP contribution is -2.52. The van der Waals surface area contributed by atoms with Gasteiger partial charge >= 0.3 is 11.9 Å². The van der Waals surface area contributed by atoms with E-state index in [0.717, 1.165) is 6.92 Å². The van der Waals surface area contributed by atoms with Gasteiger partial charge in [0.15, 0.2) is 0 Å². The molecule has 11 heavy (non-hydrogen) atoms. The largest absolute Gasteiger partial charge is 0.513 e. The minimum absolute atomic E-state index is 0.925. The van der Waals surface area contributed by atoms with Crippen LogP contribution < -0.4 is 0 Å². The SMILES string of the molecule is CC1(O)OC(=O)OC1(O)CO. The summed E-state index contributed by atoms with van der Waals surface area (Å²) in [5.41, 5.74) is 0. The molecule has 2 unspecified atom stereocenters. The molecule has 1 aliphatic rings. The molecular weight excluding hydrogens is 156 g/mol. The van der Waals surface area contributed by atoms with E-state index < -0.39 is 24.3 Å². The monoisotopic (exact) mass is 164 g/mol. The number of carbonyl (C=O) groups excluding carboxylic acids is 1. The smallest absolute Gasteiger partial charge is 0.395 e. The van der Waals surface area contributed by atoms with Gasteiger partial charge in [0, 0.05) is 6.92 Å². The molecule has 1 fully saturated rings. The lowest BCUT2D eigenvalue weighted by molar-refractivity contribution is -0.296. The lowest BCUT2D eigenvalue weighted by Gasteiger charge is -2.26. The second kappa shape index (κ2) is 2.07. The molecule has 0 radical (unpaired) electrons. The van der Waals surface area contributed by atoms with E-state index in [-0.39, 0.29) is 0 Å². The molecule has 64 valence electrons. The van der Waals surface area contributed by atoms with Gasteiger partial charge in [-0.25, -0.2) is 4.79 Å². The number of hydrogen-bond donors (Lipinski definition) is 3. The van der Waals surface area contributed by atoms with Crippen LogP contribution in [0.4, 0.5) is 4.79 Å². The van der Waals surface area contributed by atoms with Crippen molar-refractivity contribution in [2.75, 3.05) is 6.61 Å². The Morgan fingerprint density at radius 2 is 2.00 bits per heavy atom. The predicted molar refractivity (Wildman–Crippen MR) is 30.2 cm³/mol. The molecule has 0 aromatic rings. The summed E-state index contributed by atoms with van der Waals surface area (Å²) in [5.74, 6) is -4.55. The van der Waals surface area contributed by atoms with Gasteiger partial charge in [0.05, 0.1) is 0 Å². The van der Waals surface area contributed by atoms with Crippen molar-refractivity contribution in [1.29, 1.82) is 0 Å². The molecule has 1 heterocycles. The molecule has 0 aromatic carbocycles. The van der Waals surface area contributed by atoms with Crippen LogP contribution in [0, 0.1) is 0 Å². The minimum Gasteiger partial charge on any atom is -0.395 e. The maximum atomic E-state index is 10.4. The Balaban J connectivity index is 2.89. The van der Waals surface area contributed by atoms with Crippen LogP contribution in [0.5, 0.6) is 0 Å². The number of ether oxygens (including phenoxy) is 2. The maximum Gasteiger partial charge on any atom is 0.513 e. The van der Waals surface area contributed by atoms with Crippen LogP contribution in [0.3, 0.4) is 0 Å². The second-order valence-corrected chi connectivity index (χ2v) is 2.38. The molecule has 0 bridgehead atoms. The Kier molecular flexibility index (Phi) is 1.55. The third kappa shape index (κ3) is 1.05. The number of aliphatic hydroxyl groups excluding tert-OH is 1. The first-order chi connectivity index (χ1) is 4.91. The summed E-state index contributed by atoms with van der Waals surface area (Å²) in [7, 11) is 0. The van der Waals surface area contributed by atoms with Crippen molar-refractivity contribution in [1.82, 2.24) is 0 Å². The molecule has 6 heteroatoms. The second-order valence-electron chi connectivity index (χ2n) is 2.38. The number of aliphatic hydroxyl groups is 3. The summed E-state index contributed by atoms with van der Waals surface area (Å²) in [4.78, 5) is 10.4. The average molecular weight is 164 g/mol. The van der Waals surface area contributed by atoms with Crippen molar-refractivity contribution in [3.05, 3.63) is 0 Å². The summed E-state index contributed by atoms with van der Waals surface area (Å²) in [6.07, 6.45) is -1.22. The number of carbonyl (C=O) groups is 1. The van der Waals surface area contributed by atoms with Crippen molar-refractivity contribution >= 4 is 6.16 Å². The lowest BCUT2D eigenvalue weighted by atomic mass is 10.1. The molecule has 6 nitrogen and oxygen atoms in total. The highest BCUT2D eigenvalue weighted by Gasteiger charge is 2.59. The molecule has 1 saturated heterocycles. The summed E-state index contributed by atoms with van der Waals surface area (Å²) in [5, 5.41) is 26.7. The van der Waals surface area contributed by atoms with Gasteiger partial charge in [-0.05, 0) is 0 Å². The van der Waals surface area contributed by atoms with Gasteiger partial charge in [0.1, 0.15) is 6.61 Å². The molecule has 0 aromatic heterocycles. The predicted octanol–water partition coefficient (Wildman–Crippen LogP) is -1.46. The topological polar surface area (TPSA) is 96.2 Å². The van der Waals surface area contributed by atoms with Crippen LogP contribution in [-0.2, 0) is 9.47 Å². The van der Waals surface area contributed by atoms with Crippen LogP contribution in [0.1, 0.15) is 6.92 Å². The first kappa shape index (κ1) is 8.25. The Bertz CT molecular complexity index is 187. The van der Waals surface area contributed by atoms with Crippen LogP contribution in [0.2, 0.25) is 0 Å². The van der Waals surface area contributed by atoms with Crippen LogP contribution >= 0.6 is 0 Å². The van der Waals surface area contributed by atoms with E-state index in [1.807, 2.05) is 0 Å². The van der Waals surface area contributed by atoms with Gasteiger partial charge < -0.3 is 24.8 Å². The highest BCUT2D eigenvalue weighted by atomic mass is 16.9. The Hall–Kier alpha value is -0.850. The van der Waals surface area contributed by atoms with Crippen molar-refractivity contribution < 1.29 is 29.6 Å². The first-order valence-electron chi connectivity index (χ1n) is 2.89. The van der Waals surface area contributed by atoms with Gasteiger partial charge in [-0.2, -0.15) is 0 Å². The summed E-state index contributed by atoms with van der Waals surface area (Å²) < 4.78 is 8.25. The zero-order valence-corrected chi connectivity index (χ0v) is 5.77. The molecular formula is C5H8O6. The van der Waals surface area contributed by atoms with Crippen LogP contribution in [0.25, 0.3) is 0 Å². The van der Waals surface area contributed by atoms with Gasteiger partial charge in [0.25, 0.3) is 5.79 Å². The Morgan fingerprint density at radius 1 is 1.45 bits per heavy atom.